The quantitative estimate of drug-likeness (QED) is 0.316. The minimum Gasteiger partial charge on any atom is -0.478 e. The van der Waals surface area contributed by atoms with E-state index in [0.717, 1.165) is 11.4 Å². The van der Waals surface area contributed by atoms with Crippen LogP contribution in [-0.2, 0) is 32.5 Å². The van der Waals surface area contributed by atoms with Crippen LogP contribution in [0.4, 0.5) is 0 Å². The molecule has 11 heteroatoms. The van der Waals surface area contributed by atoms with Gasteiger partial charge in [-0.1, -0.05) is 36.4 Å². The van der Waals surface area contributed by atoms with Crippen molar-refractivity contribution in [3.63, 3.8) is 0 Å². The number of imidazole rings is 1. The maximum atomic E-state index is 13.5. The zero-order chi connectivity index (χ0) is 27.4. The van der Waals surface area contributed by atoms with Gasteiger partial charge in [0.05, 0.1) is 22.4 Å². The van der Waals surface area contributed by atoms with Crippen molar-refractivity contribution in [1.82, 2.24) is 13.9 Å². The fourth-order valence-corrected chi connectivity index (χ4v) is 6.15. The van der Waals surface area contributed by atoms with Gasteiger partial charge in [0.15, 0.2) is 5.78 Å². The molecule has 1 atom stereocenters. The summed E-state index contributed by atoms with van der Waals surface area (Å²) < 4.78 is 28.4. The lowest BCUT2D eigenvalue weighted by atomic mass is 9.82. The zero-order valence-corrected chi connectivity index (χ0v) is 21.2. The minimum absolute atomic E-state index is 0.00291. The third kappa shape index (κ3) is 5.28. The topological polar surface area (TPSA) is 159 Å². The van der Waals surface area contributed by atoms with Gasteiger partial charge in [-0.3, -0.25) is 4.79 Å². The molecule has 1 aliphatic carbocycles. The van der Waals surface area contributed by atoms with Crippen molar-refractivity contribution in [3.05, 3.63) is 95.7 Å². The van der Waals surface area contributed by atoms with Crippen molar-refractivity contribution < 1.29 is 33.0 Å². The largest absolute Gasteiger partial charge is 0.478 e. The highest BCUT2D eigenvalue weighted by molar-refractivity contribution is 7.90. The number of ketones is 1. The summed E-state index contributed by atoms with van der Waals surface area (Å²) in [5, 5.41) is 16.3. The molecule has 0 saturated carbocycles. The Morgan fingerprint density at radius 3 is 2.29 bits per heavy atom. The maximum absolute atomic E-state index is 13.5. The van der Waals surface area contributed by atoms with Crippen molar-refractivity contribution >= 4 is 38.6 Å². The number of carbonyl (C=O) groups excluding carboxylic acids is 1. The van der Waals surface area contributed by atoms with Crippen LogP contribution in [0, 0.1) is 12.8 Å². The Morgan fingerprint density at radius 1 is 1.05 bits per heavy atom. The summed E-state index contributed by atoms with van der Waals surface area (Å²) in [6, 6.07) is 15.6. The zero-order valence-electron chi connectivity index (χ0n) is 20.4. The first kappa shape index (κ1) is 26.6. The summed E-state index contributed by atoms with van der Waals surface area (Å²) in [6.45, 7) is 1.94. The molecule has 0 spiro atoms. The lowest BCUT2D eigenvalue weighted by molar-refractivity contribution is -0.134. The van der Waals surface area contributed by atoms with Crippen LogP contribution in [0.25, 0.3) is 10.9 Å². The maximum Gasteiger partial charge on any atom is 0.328 e. The average molecular weight is 536 g/mol. The van der Waals surface area contributed by atoms with Crippen molar-refractivity contribution in [2.24, 2.45) is 5.92 Å². The summed E-state index contributed by atoms with van der Waals surface area (Å²) in [5.74, 6) is -2.73. The molecular weight excluding hydrogens is 510 g/mol. The number of aromatic amines is 1. The molecule has 5 rings (SSSR count). The fourth-order valence-electron chi connectivity index (χ4n) is 4.55. The average Bonchev–Trinajstić information content (AvgIpc) is 3.46. The predicted molar refractivity (Wildman–Crippen MR) is 139 cm³/mol. The monoisotopic (exact) mass is 535 g/mol. The van der Waals surface area contributed by atoms with E-state index in [1.807, 2.05) is 19.1 Å². The number of hydrogen-bond acceptors (Lipinski definition) is 6. The Morgan fingerprint density at radius 2 is 1.68 bits per heavy atom. The number of benzene rings is 2. The Kier molecular flexibility index (Phi) is 7.58. The standard InChI is InChI=1S/C23H21N3O3S.C4H4O4/c1-15-19(25-14-24-15)13-16-11-12-21-22(23(16)27)18-9-5-6-10-20(18)26(21)30(28,29)17-7-3-2-4-8-17;5-3(6)1-2-4(7)8/h2-10,14,16H,11-13H2,1H3,(H,24,25);1-2H,(H,5,6)(H,7,8)/b;2-1-. The first-order valence-electron chi connectivity index (χ1n) is 11.7. The molecule has 0 bridgehead atoms. The summed E-state index contributed by atoms with van der Waals surface area (Å²) in [7, 11) is -3.81. The molecule has 0 radical (unpaired) electrons. The number of Topliss-reactive ketones (excluding diaryl/α,β-unsaturated/α-hetero) is 1. The number of aliphatic carboxylic acids is 2. The number of hydrogen-bond donors (Lipinski definition) is 3. The number of aryl methyl sites for hydroxylation is 1. The normalized spacial score (nSPS) is 15.2. The number of para-hydroxylation sites is 1. The second kappa shape index (κ2) is 10.9. The number of nitrogens with zero attached hydrogens (tertiary/aromatic N) is 2. The molecule has 1 unspecified atom stereocenters. The van der Waals surface area contributed by atoms with Gasteiger partial charge in [-0.15, -0.1) is 0 Å². The molecule has 0 aliphatic heterocycles. The van der Waals surface area contributed by atoms with Crippen LogP contribution in [0.15, 0.2) is 78.0 Å². The van der Waals surface area contributed by atoms with Crippen molar-refractivity contribution in [2.75, 3.05) is 0 Å². The lowest BCUT2D eigenvalue weighted by Crippen LogP contribution is -2.27. The molecule has 196 valence electrons. The third-order valence-corrected chi connectivity index (χ3v) is 8.06. The van der Waals surface area contributed by atoms with Crippen molar-refractivity contribution in [3.8, 4) is 0 Å². The van der Waals surface area contributed by atoms with E-state index in [1.54, 1.807) is 48.8 Å². The molecule has 38 heavy (non-hydrogen) atoms. The third-order valence-electron chi connectivity index (χ3n) is 6.30. The van der Waals surface area contributed by atoms with Gasteiger partial charge in [0.25, 0.3) is 10.0 Å². The molecule has 2 aromatic heterocycles. The van der Waals surface area contributed by atoms with Gasteiger partial charge in [0, 0.05) is 46.8 Å². The Hall–Kier alpha value is -4.51. The summed E-state index contributed by atoms with van der Waals surface area (Å²) in [6.07, 6.45) is 4.43. The highest BCUT2D eigenvalue weighted by Crippen LogP contribution is 2.37. The molecule has 2 heterocycles. The molecule has 0 fully saturated rings. The van der Waals surface area contributed by atoms with E-state index in [2.05, 4.69) is 9.97 Å². The number of rotatable bonds is 6. The second-order valence-corrected chi connectivity index (χ2v) is 10.5. The van der Waals surface area contributed by atoms with E-state index in [-0.39, 0.29) is 16.6 Å². The molecule has 2 aromatic carbocycles. The fraction of sp³-hybridized carbons (Fsp3) is 0.185. The molecule has 0 saturated heterocycles. The predicted octanol–water partition coefficient (Wildman–Crippen LogP) is 3.61. The van der Waals surface area contributed by atoms with E-state index in [1.165, 1.54) is 3.97 Å². The van der Waals surface area contributed by atoms with Crippen LogP contribution < -0.4 is 0 Å². The van der Waals surface area contributed by atoms with Gasteiger partial charge in [-0.2, -0.15) is 0 Å². The van der Waals surface area contributed by atoms with Crippen LogP contribution in [0.3, 0.4) is 0 Å². The van der Waals surface area contributed by atoms with E-state index >= 15 is 0 Å². The van der Waals surface area contributed by atoms with E-state index in [9.17, 15) is 22.8 Å². The van der Waals surface area contributed by atoms with E-state index in [4.69, 9.17) is 10.2 Å². The van der Waals surface area contributed by atoms with Crippen LogP contribution in [0.1, 0.15) is 33.9 Å². The van der Waals surface area contributed by atoms with E-state index in [0.29, 0.717) is 53.6 Å². The Labute approximate surface area is 218 Å². The van der Waals surface area contributed by atoms with Crippen LogP contribution in [0.5, 0.6) is 0 Å². The molecule has 10 nitrogen and oxygen atoms in total. The lowest BCUT2D eigenvalue weighted by Gasteiger charge is -2.22. The summed E-state index contributed by atoms with van der Waals surface area (Å²) in [4.78, 5) is 40.2. The van der Waals surface area contributed by atoms with Gasteiger partial charge in [0.1, 0.15) is 0 Å². The molecule has 1 aliphatic rings. The first-order valence-corrected chi connectivity index (χ1v) is 13.1. The number of fused-ring (bicyclic) bond motifs is 3. The number of nitrogens with one attached hydrogen (secondary N) is 1. The molecule has 4 aromatic rings. The Balaban J connectivity index is 0.000000368. The second-order valence-electron chi connectivity index (χ2n) is 8.71. The van der Waals surface area contributed by atoms with Gasteiger partial charge >= 0.3 is 11.9 Å². The van der Waals surface area contributed by atoms with Crippen molar-refractivity contribution in [2.45, 2.75) is 31.1 Å². The van der Waals surface area contributed by atoms with Gasteiger partial charge in [-0.05, 0) is 38.0 Å². The molecule has 3 N–H and O–H groups in total. The minimum atomic E-state index is -3.81. The number of H-pyrrole nitrogens is 1. The molecular formula is C27H25N3O7S. The van der Waals surface area contributed by atoms with Gasteiger partial charge < -0.3 is 15.2 Å². The first-order chi connectivity index (χ1) is 18.1. The Bertz CT molecular complexity index is 1630. The van der Waals surface area contributed by atoms with Crippen molar-refractivity contribution in [1.29, 1.82) is 0 Å². The number of aromatic nitrogens is 3. The van der Waals surface area contributed by atoms with E-state index < -0.39 is 22.0 Å². The van der Waals surface area contributed by atoms with Gasteiger partial charge in [0.2, 0.25) is 0 Å². The van der Waals surface area contributed by atoms with Gasteiger partial charge in [-0.25, -0.2) is 27.0 Å². The van der Waals surface area contributed by atoms with Crippen LogP contribution >= 0.6 is 0 Å². The summed E-state index contributed by atoms with van der Waals surface area (Å²) in [5.41, 5.74) is 3.52. The highest BCUT2D eigenvalue weighted by atomic mass is 32.2. The number of carboxylic acid groups (broad SMARTS) is 2. The smallest absolute Gasteiger partial charge is 0.328 e. The van der Waals surface area contributed by atoms with Crippen LogP contribution in [0.2, 0.25) is 0 Å². The highest BCUT2D eigenvalue weighted by Gasteiger charge is 2.36. The van der Waals surface area contributed by atoms with Crippen LogP contribution in [-0.4, -0.2) is 50.3 Å². The summed E-state index contributed by atoms with van der Waals surface area (Å²) >= 11 is 0. The SMILES string of the molecule is Cc1[nH]cnc1CC1CCc2c(c3ccccc3n2S(=O)(=O)c2ccccc2)C1=O.O=C(O)/C=C\C(=O)O. The molecule has 0 amide bonds. The number of carboxylic acids is 2. The number of carbonyl (C=O) groups is 3.